The Morgan fingerprint density at radius 2 is 2.20 bits per heavy atom. The molecule has 0 bridgehead atoms. The van der Waals surface area contributed by atoms with Crippen molar-refractivity contribution in [2.45, 2.75) is 19.8 Å². The molecule has 0 aliphatic heterocycles. The summed E-state index contributed by atoms with van der Waals surface area (Å²) in [4.78, 5) is 12.1. The number of anilines is 1. The minimum Gasteiger partial charge on any atom is -0.451 e. The molecular weight excluding hydrogens is 254 g/mol. The largest absolute Gasteiger partial charge is 0.451 e. The second-order valence-corrected chi connectivity index (χ2v) is 4.63. The molecule has 0 spiro atoms. The van der Waals surface area contributed by atoms with Gasteiger partial charge in [-0.3, -0.25) is 9.89 Å². The molecule has 3 aromatic rings. The van der Waals surface area contributed by atoms with Gasteiger partial charge in [-0.25, -0.2) is 0 Å². The lowest BCUT2D eigenvalue weighted by Crippen LogP contribution is -2.10. The van der Waals surface area contributed by atoms with Gasteiger partial charge in [0.1, 0.15) is 5.58 Å². The van der Waals surface area contributed by atoms with Gasteiger partial charge in [-0.15, -0.1) is 0 Å². The highest BCUT2D eigenvalue weighted by atomic mass is 16.3. The predicted molar refractivity (Wildman–Crippen MR) is 76.7 cm³/mol. The van der Waals surface area contributed by atoms with E-state index in [1.54, 1.807) is 6.07 Å². The number of para-hydroxylation sites is 1. The minimum atomic E-state index is -0.296. The van der Waals surface area contributed by atoms with Crippen LogP contribution < -0.4 is 5.32 Å². The molecule has 2 heterocycles. The molecule has 2 aromatic heterocycles. The summed E-state index contributed by atoms with van der Waals surface area (Å²) in [6.45, 7) is 2.09. The average molecular weight is 269 g/mol. The number of rotatable bonds is 4. The van der Waals surface area contributed by atoms with E-state index in [4.69, 9.17) is 4.42 Å². The SMILES string of the molecule is CCCc1cc(NC(=O)c2cc3ccccc3o2)n[nH]1. The fraction of sp³-hybridized carbons (Fsp3) is 0.200. The van der Waals surface area contributed by atoms with Gasteiger partial charge < -0.3 is 9.73 Å². The number of amides is 1. The molecule has 5 heteroatoms. The Bertz CT molecular complexity index is 709. The molecule has 0 radical (unpaired) electrons. The third kappa shape index (κ3) is 2.42. The summed E-state index contributed by atoms with van der Waals surface area (Å²) in [5.74, 6) is 0.501. The molecule has 1 aromatic carbocycles. The third-order valence-electron chi connectivity index (χ3n) is 3.04. The van der Waals surface area contributed by atoms with Crippen LogP contribution in [0.4, 0.5) is 5.82 Å². The first-order valence-electron chi connectivity index (χ1n) is 6.60. The van der Waals surface area contributed by atoms with Crippen molar-refractivity contribution in [3.8, 4) is 0 Å². The number of carbonyl (C=O) groups is 1. The Morgan fingerprint density at radius 1 is 1.35 bits per heavy atom. The number of aryl methyl sites for hydroxylation is 1. The van der Waals surface area contributed by atoms with Crippen molar-refractivity contribution in [2.75, 3.05) is 5.32 Å². The topological polar surface area (TPSA) is 70.9 Å². The Hall–Kier alpha value is -2.56. The monoisotopic (exact) mass is 269 g/mol. The molecule has 2 N–H and O–H groups in total. The first-order valence-corrected chi connectivity index (χ1v) is 6.60. The number of aromatic amines is 1. The van der Waals surface area contributed by atoms with Crippen LogP contribution in [0.5, 0.6) is 0 Å². The van der Waals surface area contributed by atoms with Crippen molar-refractivity contribution in [2.24, 2.45) is 0 Å². The Labute approximate surface area is 116 Å². The van der Waals surface area contributed by atoms with Gasteiger partial charge in [0.05, 0.1) is 0 Å². The van der Waals surface area contributed by atoms with E-state index in [1.165, 1.54) is 0 Å². The second-order valence-electron chi connectivity index (χ2n) is 4.63. The van der Waals surface area contributed by atoms with Gasteiger partial charge in [0.2, 0.25) is 0 Å². The first kappa shape index (κ1) is 12.5. The van der Waals surface area contributed by atoms with E-state index in [1.807, 2.05) is 30.3 Å². The molecule has 0 saturated carbocycles. The van der Waals surface area contributed by atoms with Crippen LogP contribution in [0.25, 0.3) is 11.0 Å². The van der Waals surface area contributed by atoms with Crippen LogP contribution >= 0.6 is 0 Å². The zero-order chi connectivity index (χ0) is 13.9. The van der Waals surface area contributed by atoms with Gasteiger partial charge in [0.25, 0.3) is 5.91 Å². The maximum atomic E-state index is 12.1. The molecule has 1 amide bonds. The van der Waals surface area contributed by atoms with Gasteiger partial charge in [-0.05, 0) is 18.6 Å². The Balaban J connectivity index is 1.77. The summed E-state index contributed by atoms with van der Waals surface area (Å²) >= 11 is 0. The molecule has 0 atom stereocenters. The zero-order valence-corrected chi connectivity index (χ0v) is 11.1. The number of nitrogens with one attached hydrogen (secondary N) is 2. The number of carbonyl (C=O) groups excluding carboxylic acids is 1. The van der Waals surface area contributed by atoms with E-state index >= 15 is 0 Å². The highest BCUT2D eigenvalue weighted by molar-refractivity contribution is 6.04. The van der Waals surface area contributed by atoms with Crippen LogP contribution in [-0.2, 0) is 6.42 Å². The molecule has 0 aliphatic rings. The number of aromatic nitrogens is 2. The van der Waals surface area contributed by atoms with Crippen molar-refractivity contribution in [1.82, 2.24) is 10.2 Å². The average Bonchev–Trinajstić information content (AvgIpc) is 3.05. The normalized spacial score (nSPS) is 10.8. The smallest absolute Gasteiger partial charge is 0.292 e. The lowest BCUT2D eigenvalue weighted by molar-refractivity contribution is 0.0998. The Morgan fingerprint density at radius 3 is 3.00 bits per heavy atom. The summed E-state index contributed by atoms with van der Waals surface area (Å²) in [5.41, 5.74) is 1.71. The van der Waals surface area contributed by atoms with Crippen molar-refractivity contribution in [1.29, 1.82) is 0 Å². The standard InChI is InChI=1S/C15H15N3O2/c1-2-5-11-9-14(18-17-11)16-15(19)13-8-10-6-3-4-7-12(10)20-13/h3-4,6-9H,2,5H2,1H3,(H2,16,17,18,19). The van der Waals surface area contributed by atoms with Gasteiger partial charge in [-0.1, -0.05) is 31.5 Å². The summed E-state index contributed by atoms with van der Waals surface area (Å²) in [6, 6.07) is 11.1. The number of H-pyrrole nitrogens is 1. The first-order chi connectivity index (χ1) is 9.76. The summed E-state index contributed by atoms with van der Waals surface area (Å²) < 4.78 is 5.51. The number of benzene rings is 1. The van der Waals surface area contributed by atoms with E-state index in [-0.39, 0.29) is 11.7 Å². The van der Waals surface area contributed by atoms with E-state index in [0.29, 0.717) is 11.4 Å². The van der Waals surface area contributed by atoms with Gasteiger partial charge in [0, 0.05) is 17.1 Å². The van der Waals surface area contributed by atoms with Gasteiger partial charge >= 0.3 is 0 Å². The van der Waals surface area contributed by atoms with Crippen molar-refractivity contribution in [3.05, 3.63) is 47.9 Å². The summed E-state index contributed by atoms with van der Waals surface area (Å²) in [6.07, 6.45) is 1.94. The fourth-order valence-corrected chi connectivity index (χ4v) is 2.09. The molecule has 102 valence electrons. The molecule has 0 fully saturated rings. The number of nitrogens with zero attached hydrogens (tertiary/aromatic N) is 1. The van der Waals surface area contributed by atoms with E-state index in [9.17, 15) is 4.79 Å². The molecule has 20 heavy (non-hydrogen) atoms. The number of hydrogen-bond acceptors (Lipinski definition) is 3. The molecule has 5 nitrogen and oxygen atoms in total. The summed E-state index contributed by atoms with van der Waals surface area (Å²) in [7, 11) is 0. The van der Waals surface area contributed by atoms with Gasteiger partial charge in [-0.2, -0.15) is 5.10 Å². The van der Waals surface area contributed by atoms with Crippen LogP contribution in [0, 0.1) is 0 Å². The van der Waals surface area contributed by atoms with Crippen LogP contribution in [0.2, 0.25) is 0 Å². The van der Waals surface area contributed by atoms with E-state index in [2.05, 4.69) is 22.4 Å². The highest BCUT2D eigenvalue weighted by Gasteiger charge is 2.13. The molecule has 3 rings (SSSR count). The molecular formula is C15H15N3O2. The van der Waals surface area contributed by atoms with Crippen LogP contribution in [0.15, 0.2) is 40.8 Å². The zero-order valence-electron chi connectivity index (χ0n) is 11.1. The fourth-order valence-electron chi connectivity index (χ4n) is 2.09. The quantitative estimate of drug-likeness (QED) is 0.763. The highest BCUT2D eigenvalue weighted by Crippen LogP contribution is 2.19. The molecule has 0 unspecified atom stereocenters. The second kappa shape index (κ2) is 5.21. The maximum Gasteiger partial charge on any atom is 0.292 e. The minimum absolute atomic E-state index is 0.284. The van der Waals surface area contributed by atoms with Crippen molar-refractivity contribution in [3.63, 3.8) is 0 Å². The van der Waals surface area contributed by atoms with Crippen molar-refractivity contribution < 1.29 is 9.21 Å². The van der Waals surface area contributed by atoms with Crippen LogP contribution in [-0.4, -0.2) is 16.1 Å². The van der Waals surface area contributed by atoms with E-state index < -0.39 is 0 Å². The molecule has 0 aliphatic carbocycles. The number of hydrogen-bond donors (Lipinski definition) is 2. The predicted octanol–water partition coefficient (Wildman–Crippen LogP) is 3.36. The lowest BCUT2D eigenvalue weighted by atomic mass is 10.2. The van der Waals surface area contributed by atoms with E-state index in [0.717, 1.165) is 23.9 Å². The maximum absolute atomic E-state index is 12.1. The third-order valence-corrected chi connectivity index (χ3v) is 3.04. The van der Waals surface area contributed by atoms with Gasteiger partial charge in [0.15, 0.2) is 11.6 Å². The van der Waals surface area contributed by atoms with Crippen molar-refractivity contribution >= 4 is 22.7 Å². The Kier molecular flexibility index (Phi) is 3.25. The van der Waals surface area contributed by atoms with Crippen LogP contribution in [0.3, 0.4) is 0 Å². The number of furan rings is 1. The molecule has 0 saturated heterocycles. The van der Waals surface area contributed by atoms with Crippen LogP contribution in [0.1, 0.15) is 29.6 Å². The summed E-state index contributed by atoms with van der Waals surface area (Å²) in [5, 5.41) is 10.6. The number of fused-ring (bicyclic) bond motifs is 1. The lowest BCUT2D eigenvalue weighted by Gasteiger charge is -1.96.